The Morgan fingerprint density at radius 3 is 2.48 bits per heavy atom. The van der Waals surface area contributed by atoms with Gasteiger partial charge >= 0.3 is 5.97 Å². The number of esters is 1. The molecule has 1 fully saturated rings. The standard InChI is InChI=1S/C13H18N6O5S/c1-24-13(23)7-3-6(4-18(7)8(20)5-25-2)19-10(12(15)22)9(11(14)21)16-17-19/h6-7H,3-5H2,1-2H3,(H2,14,21)(H2,15,22). The second-order valence-corrected chi connectivity index (χ2v) is 6.23. The van der Waals surface area contributed by atoms with Gasteiger partial charge in [0.25, 0.3) is 11.8 Å². The molecular weight excluding hydrogens is 352 g/mol. The van der Waals surface area contributed by atoms with E-state index < -0.39 is 29.9 Å². The van der Waals surface area contributed by atoms with Crippen LogP contribution in [-0.4, -0.2) is 75.3 Å². The minimum atomic E-state index is -0.946. The van der Waals surface area contributed by atoms with Gasteiger partial charge in [0.05, 0.1) is 18.9 Å². The molecule has 136 valence electrons. The lowest BCUT2D eigenvalue weighted by molar-refractivity contribution is -0.150. The van der Waals surface area contributed by atoms with Crippen molar-refractivity contribution in [3.05, 3.63) is 11.4 Å². The van der Waals surface area contributed by atoms with Gasteiger partial charge in [0, 0.05) is 13.0 Å². The first-order valence-electron chi connectivity index (χ1n) is 7.22. The van der Waals surface area contributed by atoms with Crippen LogP contribution in [0.3, 0.4) is 0 Å². The lowest BCUT2D eigenvalue weighted by Gasteiger charge is -2.22. The summed E-state index contributed by atoms with van der Waals surface area (Å²) in [7, 11) is 1.22. The van der Waals surface area contributed by atoms with Crippen LogP contribution < -0.4 is 11.5 Å². The van der Waals surface area contributed by atoms with Gasteiger partial charge in [-0.15, -0.1) is 5.10 Å². The summed E-state index contributed by atoms with van der Waals surface area (Å²) in [6, 6.07) is -1.39. The van der Waals surface area contributed by atoms with Crippen LogP contribution in [-0.2, 0) is 14.3 Å². The number of carbonyl (C=O) groups excluding carboxylic acids is 4. The number of hydrogen-bond donors (Lipinski definition) is 2. The molecular formula is C13H18N6O5S. The summed E-state index contributed by atoms with van der Waals surface area (Å²) < 4.78 is 5.89. The third kappa shape index (κ3) is 3.57. The second-order valence-electron chi connectivity index (χ2n) is 5.37. The van der Waals surface area contributed by atoms with E-state index in [-0.39, 0.29) is 36.0 Å². The van der Waals surface area contributed by atoms with E-state index in [9.17, 15) is 19.2 Å². The van der Waals surface area contributed by atoms with Crippen molar-refractivity contribution in [3.8, 4) is 0 Å². The number of hydrogen-bond acceptors (Lipinski definition) is 8. The first-order chi connectivity index (χ1) is 11.8. The normalized spacial score (nSPS) is 19.7. The van der Waals surface area contributed by atoms with Gasteiger partial charge in [0.2, 0.25) is 5.91 Å². The Morgan fingerprint density at radius 2 is 1.96 bits per heavy atom. The molecule has 1 saturated heterocycles. The summed E-state index contributed by atoms with van der Waals surface area (Å²) in [5, 5.41) is 7.36. The highest BCUT2D eigenvalue weighted by Gasteiger charge is 2.42. The van der Waals surface area contributed by atoms with Crippen LogP contribution in [0.15, 0.2) is 0 Å². The summed E-state index contributed by atoms with van der Waals surface area (Å²) in [6.45, 7) is 0.0982. The molecule has 0 spiro atoms. The number of carbonyl (C=O) groups is 4. The van der Waals surface area contributed by atoms with Crippen LogP contribution in [0.4, 0.5) is 0 Å². The molecule has 1 aromatic heterocycles. The Morgan fingerprint density at radius 1 is 1.28 bits per heavy atom. The maximum atomic E-state index is 12.3. The molecule has 1 aliphatic rings. The molecule has 0 radical (unpaired) electrons. The number of methoxy groups -OCH3 is 1. The highest BCUT2D eigenvalue weighted by atomic mass is 32.2. The molecule has 2 rings (SSSR count). The molecule has 2 heterocycles. The van der Waals surface area contributed by atoms with E-state index in [2.05, 4.69) is 10.3 Å². The smallest absolute Gasteiger partial charge is 0.328 e. The van der Waals surface area contributed by atoms with Gasteiger partial charge in [-0.05, 0) is 6.26 Å². The predicted octanol–water partition coefficient (Wildman–Crippen LogP) is -1.85. The number of rotatable bonds is 6. The molecule has 11 nitrogen and oxygen atoms in total. The molecule has 0 aliphatic carbocycles. The molecule has 25 heavy (non-hydrogen) atoms. The number of nitrogens with two attached hydrogens (primary N) is 2. The zero-order chi connectivity index (χ0) is 18.7. The Hall–Kier alpha value is -2.63. The Kier molecular flexibility index (Phi) is 5.62. The number of aromatic nitrogens is 3. The lowest BCUT2D eigenvalue weighted by atomic mass is 10.1. The Labute approximate surface area is 147 Å². The van der Waals surface area contributed by atoms with Crippen molar-refractivity contribution in [1.82, 2.24) is 19.9 Å². The average Bonchev–Trinajstić information content (AvgIpc) is 3.18. The summed E-state index contributed by atoms with van der Waals surface area (Å²) >= 11 is 1.32. The van der Waals surface area contributed by atoms with Crippen molar-refractivity contribution >= 4 is 35.5 Å². The van der Waals surface area contributed by atoms with Crippen LogP contribution >= 0.6 is 11.8 Å². The van der Waals surface area contributed by atoms with Gasteiger partial charge in [-0.3, -0.25) is 14.4 Å². The first-order valence-corrected chi connectivity index (χ1v) is 8.62. The van der Waals surface area contributed by atoms with Crippen molar-refractivity contribution in [3.63, 3.8) is 0 Å². The van der Waals surface area contributed by atoms with E-state index in [1.807, 2.05) is 0 Å². The van der Waals surface area contributed by atoms with Crippen molar-refractivity contribution < 1.29 is 23.9 Å². The van der Waals surface area contributed by atoms with Crippen LogP contribution in [0.5, 0.6) is 0 Å². The molecule has 0 aromatic carbocycles. The van der Waals surface area contributed by atoms with Gasteiger partial charge in [0.1, 0.15) is 6.04 Å². The highest BCUT2D eigenvalue weighted by Crippen LogP contribution is 2.29. The molecule has 2 unspecified atom stereocenters. The zero-order valence-corrected chi connectivity index (χ0v) is 14.5. The number of thioether (sulfide) groups is 1. The van der Waals surface area contributed by atoms with Crippen molar-refractivity contribution in [2.75, 3.05) is 25.7 Å². The third-order valence-electron chi connectivity index (χ3n) is 3.85. The fourth-order valence-corrected chi connectivity index (χ4v) is 3.19. The van der Waals surface area contributed by atoms with Crippen LogP contribution in [0, 0.1) is 0 Å². The van der Waals surface area contributed by atoms with Gasteiger partial charge < -0.3 is 21.1 Å². The van der Waals surface area contributed by atoms with Crippen molar-refractivity contribution in [1.29, 1.82) is 0 Å². The number of ether oxygens (including phenoxy) is 1. The van der Waals surface area contributed by atoms with E-state index in [1.54, 1.807) is 6.26 Å². The van der Waals surface area contributed by atoms with Crippen molar-refractivity contribution in [2.24, 2.45) is 11.5 Å². The number of nitrogens with zero attached hydrogens (tertiary/aromatic N) is 4. The molecule has 3 amide bonds. The topological polar surface area (TPSA) is 164 Å². The van der Waals surface area contributed by atoms with E-state index in [0.717, 1.165) is 4.68 Å². The lowest BCUT2D eigenvalue weighted by Crippen LogP contribution is -2.42. The fourth-order valence-electron chi connectivity index (χ4n) is 2.78. The van der Waals surface area contributed by atoms with E-state index in [0.29, 0.717) is 0 Å². The summed E-state index contributed by atoms with van der Waals surface area (Å²) in [5.41, 5.74) is 9.88. The second kappa shape index (κ2) is 7.51. The van der Waals surface area contributed by atoms with Crippen molar-refractivity contribution in [2.45, 2.75) is 18.5 Å². The quantitative estimate of drug-likeness (QED) is 0.551. The van der Waals surface area contributed by atoms with Gasteiger partial charge in [0.15, 0.2) is 11.4 Å². The minimum absolute atomic E-state index is 0.0982. The fraction of sp³-hybridized carbons (Fsp3) is 0.538. The summed E-state index contributed by atoms with van der Waals surface area (Å²) in [4.78, 5) is 48.7. The number of primary amides is 2. The van der Waals surface area contributed by atoms with Gasteiger partial charge in [-0.25, -0.2) is 9.48 Å². The van der Waals surface area contributed by atoms with Gasteiger partial charge in [-0.2, -0.15) is 11.8 Å². The molecule has 1 aliphatic heterocycles. The third-order valence-corrected chi connectivity index (χ3v) is 4.38. The summed E-state index contributed by atoms with van der Waals surface area (Å²) in [6.07, 6.45) is 1.91. The van der Waals surface area contributed by atoms with E-state index in [4.69, 9.17) is 16.2 Å². The SMILES string of the molecule is COC(=O)C1CC(n2nnc(C(N)=O)c2C(N)=O)CN1C(=O)CSC. The van der Waals surface area contributed by atoms with Crippen LogP contribution in [0.25, 0.3) is 0 Å². The highest BCUT2D eigenvalue weighted by molar-refractivity contribution is 7.99. The number of amides is 3. The largest absolute Gasteiger partial charge is 0.467 e. The monoisotopic (exact) mass is 370 g/mol. The van der Waals surface area contributed by atoms with Crippen LogP contribution in [0.1, 0.15) is 33.4 Å². The molecule has 12 heteroatoms. The number of likely N-dealkylation sites (tertiary alicyclic amines) is 1. The molecule has 2 atom stereocenters. The predicted molar refractivity (Wildman–Crippen MR) is 86.6 cm³/mol. The molecule has 0 bridgehead atoms. The van der Waals surface area contributed by atoms with E-state index >= 15 is 0 Å². The average molecular weight is 370 g/mol. The zero-order valence-electron chi connectivity index (χ0n) is 13.7. The molecule has 0 saturated carbocycles. The Bertz CT molecular complexity index is 720. The molecule has 4 N–H and O–H groups in total. The van der Waals surface area contributed by atoms with Gasteiger partial charge in [-0.1, -0.05) is 5.21 Å². The minimum Gasteiger partial charge on any atom is -0.467 e. The first kappa shape index (κ1) is 18.7. The Balaban J connectivity index is 2.38. The van der Waals surface area contributed by atoms with E-state index in [1.165, 1.54) is 23.8 Å². The van der Waals surface area contributed by atoms with Crippen LogP contribution in [0.2, 0.25) is 0 Å². The maximum Gasteiger partial charge on any atom is 0.328 e. The summed E-state index contributed by atoms with van der Waals surface area (Å²) in [5.74, 6) is -2.51. The molecule has 1 aromatic rings. The maximum absolute atomic E-state index is 12.3.